The molecule has 0 aliphatic heterocycles. The van der Waals surface area contributed by atoms with Crippen molar-refractivity contribution in [3.05, 3.63) is 166 Å². The summed E-state index contributed by atoms with van der Waals surface area (Å²) < 4.78 is 8.99. The van der Waals surface area contributed by atoms with E-state index in [2.05, 4.69) is 21.2 Å². The number of aliphatic imine (C=N–C) groups is 1. The number of methoxy groups -OCH3 is 2. The zero-order chi connectivity index (χ0) is 40.3. The molecule has 1 N–H and O–H groups in total. The SMILES string of the molecule is C=NC(=O)/C=C/c1ccc(C(=O)C(=O)c2ccc(/C=C/C(=O)OC)cc2)cc1.COC(=O)/C=C/c1ccc(C(=O)C(=O)c2ccc(/C=C/C(=O)O)cc2)cc1. The summed E-state index contributed by atoms with van der Waals surface area (Å²) in [5.74, 6) is -5.13. The van der Waals surface area contributed by atoms with Crippen LogP contribution in [0.5, 0.6) is 0 Å². The van der Waals surface area contributed by atoms with Gasteiger partial charge in [0.1, 0.15) is 0 Å². The first-order valence-electron chi connectivity index (χ1n) is 16.0. The lowest BCUT2D eigenvalue weighted by molar-refractivity contribution is -0.135. The van der Waals surface area contributed by atoms with Crippen molar-refractivity contribution in [2.24, 2.45) is 4.99 Å². The fraction of sp³-hybridized carbons (Fsp3) is 0.0465. The van der Waals surface area contributed by atoms with Gasteiger partial charge in [0, 0.05) is 46.6 Å². The molecule has 0 aliphatic rings. The smallest absolute Gasteiger partial charge is 0.330 e. The number of hydrogen-bond acceptors (Lipinski definition) is 10. The molecule has 0 saturated heterocycles. The third kappa shape index (κ3) is 13.4. The minimum atomic E-state index is -1.07. The van der Waals surface area contributed by atoms with Gasteiger partial charge in [0.05, 0.1) is 14.2 Å². The van der Waals surface area contributed by atoms with E-state index in [0.717, 1.165) is 6.08 Å². The number of ketones is 4. The van der Waals surface area contributed by atoms with Gasteiger partial charge in [-0.05, 0) is 53.3 Å². The minimum absolute atomic E-state index is 0.210. The van der Waals surface area contributed by atoms with Crippen molar-refractivity contribution in [2.45, 2.75) is 0 Å². The number of benzene rings is 4. The molecule has 0 radical (unpaired) electrons. The predicted octanol–water partition coefficient (Wildman–Crippen LogP) is 6.22. The Hall–Kier alpha value is -7.73. The van der Waals surface area contributed by atoms with E-state index in [1.807, 2.05) is 0 Å². The van der Waals surface area contributed by atoms with Crippen LogP contribution >= 0.6 is 0 Å². The molecule has 0 aromatic heterocycles. The molecule has 0 aliphatic carbocycles. The van der Waals surface area contributed by atoms with Gasteiger partial charge in [0.25, 0.3) is 5.91 Å². The first-order valence-corrected chi connectivity index (χ1v) is 16.0. The molecule has 0 spiro atoms. The average Bonchev–Trinajstić information content (AvgIpc) is 3.22. The zero-order valence-corrected chi connectivity index (χ0v) is 29.5. The van der Waals surface area contributed by atoms with Crippen LogP contribution in [-0.4, -0.2) is 73.0 Å². The third-order valence-corrected chi connectivity index (χ3v) is 7.32. The molecule has 55 heavy (non-hydrogen) atoms. The van der Waals surface area contributed by atoms with Crippen LogP contribution in [0.1, 0.15) is 63.7 Å². The van der Waals surface area contributed by atoms with Crippen molar-refractivity contribution in [1.82, 2.24) is 0 Å². The molecule has 276 valence electrons. The van der Waals surface area contributed by atoms with E-state index in [0.29, 0.717) is 22.3 Å². The minimum Gasteiger partial charge on any atom is -0.478 e. The van der Waals surface area contributed by atoms with Crippen LogP contribution in [0.15, 0.2) is 126 Å². The molecule has 0 atom stereocenters. The van der Waals surface area contributed by atoms with E-state index in [4.69, 9.17) is 5.11 Å². The molecule has 12 heteroatoms. The Morgan fingerprint density at radius 1 is 0.455 bits per heavy atom. The standard InChI is InChI=1S/C22H17NO5.C21H16O6/c1-23-19(24)13-7-15-3-9-17(10-4-15)21(26)22(27)18-11-5-16(6-12-18)8-14-20(25)28-2;1-27-19(24)13-7-15-4-10-17(11-5-15)21(26)20(25)16-8-2-14(3-9-16)6-12-18(22)23/h3-14H,1H2,2H3;2-13H,1H3,(H,22,23)/b13-7+,14-8+;12-6+,13-7+. The van der Waals surface area contributed by atoms with Gasteiger partial charge in [-0.15, -0.1) is 0 Å². The normalized spacial score (nSPS) is 10.8. The number of ether oxygens (including phenoxy) is 2. The molecule has 0 fully saturated rings. The van der Waals surface area contributed by atoms with Gasteiger partial charge in [-0.2, -0.15) is 0 Å². The number of hydrogen-bond donors (Lipinski definition) is 1. The number of rotatable bonds is 14. The van der Waals surface area contributed by atoms with Crippen molar-refractivity contribution in [2.75, 3.05) is 14.2 Å². The summed E-state index contributed by atoms with van der Waals surface area (Å²) in [5.41, 5.74) is 3.57. The van der Waals surface area contributed by atoms with Crippen LogP contribution in [0, 0.1) is 0 Å². The third-order valence-electron chi connectivity index (χ3n) is 7.32. The van der Waals surface area contributed by atoms with Gasteiger partial charge in [-0.25, -0.2) is 19.4 Å². The molecular formula is C43H33NO11. The highest BCUT2D eigenvalue weighted by molar-refractivity contribution is 6.49. The summed E-state index contributed by atoms with van der Waals surface area (Å²) in [6.45, 7) is 3.13. The Bertz CT molecular complexity index is 2210. The maximum atomic E-state index is 12.4. The second-order valence-corrected chi connectivity index (χ2v) is 11.0. The van der Waals surface area contributed by atoms with Gasteiger partial charge >= 0.3 is 17.9 Å². The lowest BCUT2D eigenvalue weighted by Crippen LogP contribution is -2.14. The Balaban J connectivity index is 0.000000296. The number of carbonyl (C=O) groups excluding carboxylic acids is 7. The Kier molecular flexibility index (Phi) is 15.9. The maximum absolute atomic E-state index is 12.4. The van der Waals surface area contributed by atoms with Gasteiger partial charge in [-0.1, -0.05) is 97.1 Å². The number of nitrogens with zero attached hydrogens (tertiary/aromatic N) is 1. The predicted molar refractivity (Wildman–Crippen MR) is 205 cm³/mol. The molecule has 1 amide bonds. The lowest BCUT2D eigenvalue weighted by Gasteiger charge is -2.02. The van der Waals surface area contributed by atoms with Crippen molar-refractivity contribution in [3.63, 3.8) is 0 Å². The number of carboxylic acids is 1. The van der Waals surface area contributed by atoms with Crippen molar-refractivity contribution >= 4 is 78.0 Å². The molecule has 0 bridgehead atoms. The summed E-state index contributed by atoms with van der Waals surface area (Å²) in [4.78, 5) is 96.4. The molecule has 12 nitrogen and oxygen atoms in total. The van der Waals surface area contributed by atoms with Crippen molar-refractivity contribution < 1.29 is 52.9 Å². The maximum Gasteiger partial charge on any atom is 0.330 e. The number of esters is 2. The van der Waals surface area contributed by atoms with E-state index in [9.17, 15) is 38.4 Å². The molecule has 0 saturated carbocycles. The topological polar surface area (TPSA) is 188 Å². The number of Topliss-reactive ketones (excluding diaryl/α,β-unsaturated/α-hetero) is 4. The summed E-state index contributed by atoms with van der Waals surface area (Å²) in [5, 5.41) is 8.60. The van der Waals surface area contributed by atoms with Crippen LogP contribution in [0.25, 0.3) is 24.3 Å². The molecule has 4 aromatic rings. The van der Waals surface area contributed by atoms with E-state index in [1.54, 1.807) is 54.6 Å². The zero-order valence-electron chi connectivity index (χ0n) is 29.5. The Morgan fingerprint density at radius 2 is 0.709 bits per heavy atom. The largest absolute Gasteiger partial charge is 0.478 e. The second kappa shape index (κ2) is 21.0. The van der Waals surface area contributed by atoms with Crippen LogP contribution in [0.4, 0.5) is 0 Å². The number of amides is 1. The van der Waals surface area contributed by atoms with Crippen molar-refractivity contribution in [1.29, 1.82) is 0 Å². The Morgan fingerprint density at radius 3 is 0.945 bits per heavy atom. The van der Waals surface area contributed by atoms with E-state index < -0.39 is 46.9 Å². The summed E-state index contributed by atoms with van der Waals surface area (Å²) >= 11 is 0. The summed E-state index contributed by atoms with van der Waals surface area (Å²) in [7, 11) is 2.55. The molecule has 4 rings (SSSR count). The highest BCUT2D eigenvalue weighted by Gasteiger charge is 2.19. The summed E-state index contributed by atoms with van der Waals surface area (Å²) in [6.07, 6.45) is 10.8. The van der Waals surface area contributed by atoms with Crippen LogP contribution in [-0.2, 0) is 28.7 Å². The first kappa shape index (κ1) is 41.7. The van der Waals surface area contributed by atoms with Crippen LogP contribution in [0.2, 0.25) is 0 Å². The van der Waals surface area contributed by atoms with E-state index >= 15 is 0 Å². The lowest BCUT2D eigenvalue weighted by atomic mass is 9.99. The highest BCUT2D eigenvalue weighted by atomic mass is 16.5. The summed E-state index contributed by atoms with van der Waals surface area (Å²) in [6, 6.07) is 24.8. The number of carboxylic acid groups (broad SMARTS) is 1. The van der Waals surface area contributed by atoms with Crippen LogP contribution < -0.4 is 0 Å². The number of aliphatic carboxylic acids is 1. The van der Waals surface area contributed by atoms with Crippen molar-refractivity contribution in [3.8, 4) is 0 Å². The van der Waals surface area contributed by atoms with Gasteiger partial charge in [0.2, 0.25) is 23.1 Å². The Labute approximate surface area is 315 Å². The van der Waals surface area contributed by atoms with Gasteiger partial charge < -0.3 is 14.6 Å². The fourth-order valence-corrected chi connectivity index (χ4v) is 4.36. The van der Waals surface area contributed by atoms with E-state index in [1.165, 1.54) is 99.2 Å². The monoisotopic (exact) mass is 739 g/mol. The highest BCUT2D eigenvalue weighted by Crippen LogP contribution is 2.14. The van der Waals surface area contributed by atoms with Gasteiger partial charge in [-0.3, -0.25) is 24.0 Å². The second-order valence-electron chi connectivity index (χ2n) is 11.0. The van der Waals surface area contributed by atoms with Gasteiger partial charge in [0.15, 0.2) is 0 Å². The first-order chi connectivity index (χ1) is 26.3. The number of carbonyl (C=O) groups is 8. The van der Waals surface area contributed by atoms with Crippen LogP contribution in [0.3, 0.4) is 0 Å². The van der Waals surface area contributed by atoms with E-state index in [-0.39, 0.29) is 22.3 Å². The average molecular weight is 740 g/mol. The molecule has 0 unspecified atom stereocenters. The molecule has 4 aromatic carbocycles. The molecular weight excluding hydrogens is 706 g/mol. The quantitative estimate of drug-likeness (QED) is 0.0509. The fourth-order valence-electron chi connectivity index (χ4n) is 4.36. The molecule has 0 heterocycles.